The fourth-order valence-corrected chi connectivity index (χ4v) is 4.10. The lowest BCUT2D eigenvalue weighted by atomic mass is 10.0. The predicted molar refractivity (Wildman–Crippen MR) is 133 cm³/mol. The average molecular weight is 438 g/mol. The van der Waals surface area contributed by atoms with Crippen LogP contribution in [0.4, 0.5) is 0 Å². The summed E-state index contributed by atoms with van der Waals surface area (Å²) in [5.41, 5.74) is 5.84. The molecule has 4 aromatic heterocycles. The highest BCUT2D eigenvalue weighted by Crippen LogP contribution is 2.31. The molecule has 0 aliphatic rings. The van der Waals surface area contributed by atoms with Gasteiger partial charge in [-0.1, -0.05) is 26.0 Å². The van der Waals surface area contributed by atoms with Gasteiger partial charge in [-0.15, -0.1) is 0 Å². The van der Waals surface area contributed by atoms with Crippen LogP contribution >= 0.6 is 0 Å². The highest BCUT2D eigenvalue weighted by atomic mass is 16.5. The first-order valence-corrected chi connectivity index (χ1v) is 11.4. The highest BCUT2D eigenvalue weighted by molar-refractivity contribution is 6.07. The van der Waals surface area contributed by atoms with Gasteiger partial charge in [-0.05, 0) is 55.1 Å². The summed E-state index contributed by atoms with van der Waals surface area (Å²) in [6.07, 6.45) is 7.37. The second-order valence-corrected chi connectivity index (χ2v) is 8.01. The van der Waals surface area contributed by atoms with Crippen LogP contribution in [0.5, 0.6) is 5.75 Å². The first-order valence-electron chi connectivity index (χ1n) is 11.4. The molecule has 33 heavy (non-hydrogen) atoms. The average Bonchev–Trinajstić information content (AvgIpc) is 3.24. The number of likely N-dealkylation sites (N-methyl/N-ethyl adjacent to an activating group) is 1. The molecular formula is C27H27N5O. The van der Waals surface area contributed by atoms with Gasteiger partial charge in [-0.25, -0.2) is 4.98 Å². The molecule has 0 atom stereocenters. The normalized spacial score (nSPS) is 11.5. The zero-order chi connectivity index (χ0) is 22.6. The zero-order valence-electron chi connectivity index (χ0n) is 19.0. The summed E-state index contributed by atoms with van der Waals surface area (Å²) >= 11 is 0. The monoisotopic (exact) mass is 437 g/mol. The Morgan fingerprint density at radius 1 is 0.848 bits per heavy atom. The van der Waals surface area contributed by atoms with Gasteiger partial charge in [-0.3, -0.25) is 9.97 Å². The molecular weight excluding hydrogens is 410 g/mol. The van der Waals surface area contributed by atoms with Crippen molar-refractivity contribution in [2.75, 3.05) is 26.2 Å². The number of nitrogens with zero attached hydrogens (tertiary/aromatic N) is 4. The number of rotatable bonds is 8. The van der Waals surface area contributed by atoms with Crippen molar-refractivity contribution in [1.82, 2.24) is 24.8 Å². The summed E-state index contributed by atoms with van der Waals surface area (Å²) in [5, 5.41) is 2.17. The third kappa shape index (κ3) is 4.43. The maximum Gasteiger partial charge on any atom is 0.138 e. The maximum atomic E-state index is 6.03. The molecule has 0 spiro atoms. The number of aromatic nitrogens is 4. The van der Waals surface area contributed by atoms with Crippen LogP contribution in [0.15, 0.2) is 73.3 Å². The summed E-state index contributed by atoms with van der Waals surface area (Å²) in [5.74, 6) is 0.877. The first-order chi connectivity index (χ1) is 16.2. The molecule has 0 saturated carbocycles. The molecule has 0 unspecified atom stereocenters. The molecule has 0 amide bonds. The van der Waals surface area contributed by atoms with E-state index in [-0.39, 0.29) is 0 Å². The van der Waals surface area contributed by atoms with Crippen molar-refractivity contribution >= 4 is 21.9 Å². The molecule has 0 saturated heterocycles. The van der Waals surface area contributed by atoms with E-state index < -0.39 is 0 Å². The SMILES string of the molecule is CCN(CC)CCOc1cccc(-c2cnc3[nH]c4cnc(-c5cccnc5)cc4c3c2)c1. The van der Waals surface area contributed by atoms with Crippen molar-refractivity contribution in [2.24, 2.45) is 0 Å². The van der Waals surface area contributed by atoms with Crippen molar-refractivity contribution in [1.29, 1.82) is 0 Å². The summed E-state index contributed by atoms with van der Waals surface area (Å²) in [7, 11) is 0. The van der Waals surface area contributed by atoms with Gasteiger partial charge in [0.05, 0.1) is 17.4 Å². The molecule has 1 aromatic carbocycles. The Hall–Kier alpha value is -3.77. The number of hydrogen-bond acceptors (Lipinski definition) is 5. The Morgan fingerprint density at radius 2 is 1.73 bits per heavy atom. The standard InChI is InChI=1S/C27H27N5O/c1-3-32(4-2)11-12-33-22-9-5-7-19(13-22)21-14-24-23-15-25(20-8-6-10-28-16-20)29-18-26(23)31-27(24)30-17-21/h5-10,13-18H,3-4,11-12H2,1-2H3,(H,30,31). The first kappa shape index (κ1) is 21.1. The number of fused-ring (bicyclic) bond motifs is 3. The molecule has 0 radical (unpaired) electrons. The van der Waals surface area contributed by atoms with Crippen LogP contribution in [0, 0.1) is 0 Å². The van der Waals surface area contributed by atoms with Gasteiger partial charge < -0.3 is 14.6 Å². The van der Waals surface area contributed by atoms with Crippen molar-refractivity contribution in [3.05, 3.63) is 73.3 Å². The summed E-state index contributed by atoms with van der Waals surface area (Å²) < 4.78 is 6.03. The van der Waals surface area contributed by atoms with Crippen molar-refractivity contribution in [2.45, 2.75) is 13.8 Å². The van der Waals surface area contributed by atoms with Crippen LogP contribution in [0.2, 0.25) is 0 Å². The number of ether oxygens (including phenoxy) is 1. The van der Waals surface area contributed by atoms with E-state index in [2.05, 4.69) is 58.0 Å². The van der Waals surface area contributed by atoms with E-state index in [1.165, 1.54) is 0 Å². The van der Waals surface area contributed by atoms with Gasteiger partial charge in [0, 0.05) is 47.0 Å². The van der Waals surface area contributed by atoms with Crippen molar-refractivity contribution < 1.29 is 4.74 Å². The van der Waals surface area contributed by atoms with Crippen molar-refractivity contribution in [3.63, 3.8) is 0 Å². The van der Waals surface area contributed by atoms with E-state index in [4.69, 9.17) is 9.72 Å². The van der Waals surface area contributed by atoms with Crippen molar-refractivity contribution in [3.8, 4) is 28.1 Å². The lowest BCUT2D eigenvalue weighted by molar-refractivity contribution is 0.223. The smallest absolute Gasteiger partial charge is 0.138 e. The third-order valence-electron chi connectivity index (χ3n) is 6.03. The Balaban J connectivity index is 1.46. The lowest BCUT2D eigenvalue weighted by Crippen LogP contribution is -2.27. The number of H-pyrrole nitrogens is 1. The molecule has 0 fully saturated rings. The minimum Gasteiger partial charge on any atom is -0.492 e. The molecule has 1 N–H and O–H groups in total. The highest BCUT2D eigenvalue weighted by Gasteiger charge is 2.11. The van der Waals surface area contributed by atoms with E-state index in [1.54, 1.807) is 6.20 Å². The van der Waals surface area contributed by atoms with Crippen LogP contribution in [0.3, 0.4) is 0 Å². The maximum absolute atomic E-state index is 6.03. The van der Waals surface area contributed by atoms with E-state index in [0.29, 0.717) is 6.61 Å². The number of hydrogen-bond donors (Lipinski definition) is 1. The van der Waals surface area contributed by atoms with Gasteiger partial charge in [0.1, 0.15) is 18.0 Å². The molecule has 6 nitrogen and oxygen atoms in total. The topological polar surface area (TPSA) is 66.9 Å². The Morgan fingerprint density at radius 3 is 2.55 bits per heavy atom. The minimum absolute atomic E-state index is 0.676. The summed E-state index contributed by atoms with van der Waals surface area (Å²) in [4.78, 5) is 19.2. The van der Waals surface area contributed by atoms with Gasteiger partial charge >= 0.3 is 0 Å². The quantitative estimate of drug-likeness (QED) is 0.344. The largest absolute Gasteiger partial charge is 0.492 e. The molecule has 166 valence electrons. The van der Waals surface area contributed by atoms with Crippen LogP contribution < -0.4 is 4.74 Å². The van der Waals surface area contributed by atoms with Crippen LogP contribution in [0.1, 0.15) is 13.8 Å². The van der Waals surface area contributed by atoms with E-state index in [0.717, 1.165) is 69.7 Å². The number of pyridine rings is 3. The second kappa shape index (κ2) is 9.38. The van der Waals surface area contributed by atoms with E-state index >= 15 is 0 Å². The number of benzene rings is 1. The molecule has 0 aliphatic heterocycles. The molecule has 0 aliphatic carbocycles. The molecule has 5 rings (SSSR count). The number of aromatic amines is 1. The Labute approximate surface area is 193 Å². The van der Waals surface area contributed by atoms with Gasteiger partial charge in [0.25, 0.3) is 0 Å². The van der Waals surface area contributed by atoms with Gasteiger partial charge in [0.15, 0.2) is 0 Å². The molecule has 6 heteroatoms. The summed E-state index contributed by atoms with van der Waals surface area (Å²) in [6.45, 7) is 8.02. The zero-order valence-corrected chi connectivity index (χ0v) is 19.0. The predicted octanol–water partition coefficient (Wildman–Crippen LogP) is 5.56. The molecule has 4 heterocycles. The lowest BCUT2D eigenvalue weighted by Gasteiger charge is -2.18. The molecule has 0 bridgehead atoms. The minimum atomic E-state index is 0.676. The van der Waals surface area contributed by atoms with E-state index in [1.807, 2.05) is 42.9 Å². The second-order valence-electron chi connectivity index (χ2n) is 8.01. The number of nitrogens with one attached hydrogen (secondary N) is 1. The third-order valence-corrected chi connectivity index (χ3v) is 6.03. The molecule has 5 aromatic rings. The van der Waals surface area contributed by atoms with E-state index in [9.17, 15) is 0 Å². The Kier molecular flexibility index (Phi) is 6.00. The van der Waals surface area contributed by atoms with Gasteiger partial charge in [-0.2, -0.15) is 0 Å². The van der Waals surface area contributed by atoms with Crippen LogP contribution in [0.25, 0.3) is 44.3 Å². The van der Waals surface area contributed by atoms with Crippen LogP contribution in [-0.4, -0.2) is 51.1 Å². The van der Waals surface area contributed by atoms with Crippen LogP contribution in [-0.2, 0) is 0 Å². The Bertz CT molecular complexity index is 1380. The van der Waals surface area contributed by atoms with Gasteiger partial charge in [0.2, 0.25) is 0 Å². The fourth-order valence-electron chi connectivity index (χ4n) is 4.10. The summed E-state index contributed by atoms with van der Waals surface area (Å²) in [6, 6.07) is 16.5. The fraction of sp³-hybridized carbons (Fsp3) is 0.222.